The van der Waals surface area contributed by atoms with Gasteiger partial charge in [-0.3, -0.25) is 9.59 Å². The molecule has 0 radical (unpaired) electrons. The van der Waals surface area contributed by atoms with Crippen molar-refractivity contribution >= 4 is 23.4 Å². The number of carbonyl (C=O) groups excluding carboxylic acids is 2. The molecule has 2 atom stereocenters. The second-order valence-electron chi connectivity index (χ2n) is 5.53. The van der Waals surface area contributed by atoms with Gasteiger partial charge in [-0.2, -0.15) is 0 Å². The Morgan fingerprint density at radius 3 is 2.67 bits per heavy atom. The van der Waals surface area contributed by atoms with Gasteiger partial charge in [0.05, 0.1) is 0 Å². The number of nitrogens with one attached hydrogen (secondary N) is 2. The molecule has 2 N–H and O–H groups in total. The average Bonchev–Trinajstić information content (AvgIpc) is 3.02. The predicted molar refractivity (Wildman–Crippen MR) is 91.0 cm³/mol. The smallest absolute Gasteiger partial charge is 0.262 e. The van der Waals surface area contributed by atoms with E-state index in [-0.39, 0.29) is 11.8 Å². The fourth-order valence-electron chi connectivity index (χ4n) is 2.69. The van der Waals surface area contributed by atoms with E-state index in [2.05, 4.69) is 10.6 Å². The summed E-state index contributed by atoms with van der Waals surface area (Å²) < 4.78 is 5.67. The molecule has 3 rings (SSSR count). The Morgan fingerprint density at radius 1 is 1.21 bits per heavy atom. The lowest BCUT2D eigenvalue weighted by Crippen LogP contribution is -2.44. The van der Waals surface area contributed by atoms with E-state index >= 15 is 0 Å². The van der Waals surface area contributed by atoms with Crippen LogP contribution in [0.5, 0.6) is 5.75 Å². The standard InChI is InChI=1S/C18H17ClN2O3/c1-20-18(23)16(11-5-3-2-4-6-11)21-17(22)15-10-12-9-13(19)7-8-14(12)24-15/h2-9,15-16H,10H2,1H3,(H,20,23)(H,21,22)/t15-,16+/m0/s1. The number of amides is 2. The maximum absolute atomic E-state index is 12.6. The van der Waals surface area contributed by atoms with E-state index in [4.69, 9.17) is 16.3 Å². The summed E-state index contributed by atoms with van der Waals surface area (Å²) in [7, 11) is 1.54. The van der Waals surface area contributed by atoms with Crippen molar-refractivity contribution in [3.63, 3.8) is 0 Å². The normalized spacial score (nSPS) is 16.7. The molecule has 0 bridgehead atoms. The lowest BCUT2D eigenvalue weighted by molar-refractivity contribution is -0.132. The number of hydrogen-bond donors (Lipinski definition) is 2. The van der Waals surface area contributed by atoms with E-state index in [1.54, 1.807) is 30.3 Å². The first-order chi connectivity index (χ1) is 11.6. The van der Waals surface area contributed by atoms with Crippen LogP contribution in [-0.4, -0.2) is 25.0 Å². The first-order valence-corrected chi connectivity index (χ1v) is 7.98. The van der Waals surface area contributed by atoms with Gasteiger partial charge in [-0.05, 0) is 29.3 Å². The van der Waals surface area contributed by atoms with E-state index in [0.717, 1.165) is 5.56 Å². The van der Waals surface area contributed by atoms with Gasteiger partial charge in [0.2, 0.25) is 5.91 Å². The highest BCUT2D eigenvalue weighted by Crippen LogP contribution is 2.31. The fourth-order valence-corrected chi connectivity index (χ4v) is 2.88. The Hall–Kier alpha value is -2.53. The predicted octanol–water partition coefficient (Wildman–Crippen LogP) is 2.25. The lowest BCUT2D eigenvalue weighted by atomic mass is 10.0. The molecule has 0 saturated carbocycles. The molecule has 1 aliphatic rings. The van der Waals surface area contributed by atoms with Crippen molar-refractivity contribution in [1.82, 2.24) is 10.6 Å². The van der Waals surface area contributed by atoms with Crippen LogP contribution in [-0.2, 0) is 16.0 Å². The van der Waals surface area contributed by atoms with Crippen LogP contribution in [0.25, 0.3) is 0 Å². The van der Waals surface area contributed by atoms with Crippen molar-refractivity contribution in [3.05, 3.63) is 64.7 Å². The highest BCUT2D eigenvalue weighted by molar-refractivity contribution is 6.30. The summed E-state index contributed by atoms with van der Waals surface area (Å²) in [5, 5.41) is 5.94. The summed E-state index contributed by atoms with van der Waals surface area (Å²) >= 11 is 5.97. The van der Waals surface area contributed by atoms with E-state index in [1.807, 2.05) is 18.2 Å². The van der Waals surface area contributed by atoms with Crippen LogP contribution in [0.3, 0.4) is 0 Å². The van der Waals surface area contributed by atoms with E-state index in [0.29, 0.717) is 22.8 Å². The maximum Gasteiger partial charge on any atom is 0.262 e. The number of rotatable bonds is 4. The number of likely N-dealkylation sites (N-methyl/N-ethyl adjacent to an activating group) is 1. The Morgan fingerprint density at radius 2 is 1.96 bits per heavy atom. The second kappa shape index (κ2) is 6.93. The SMILES string of the molecule is CNC(=O)[C@H](NC(=O)[C@@H]1Cc2cc(Cl)ccc2O1)c1ccccc1. The molecule has 0 aromatic heterocycles. The topological polar surface area (TPSA) is 67.4 Å². The summed E-state index contributed by atoms with van der Waals surface area (Å²) in [5.41, 5.74) is 1.60. The minimum Gasteiger partial charge on any atom is -0.480 e. The van der Waals surface area contributed by atoms with Gasteiger partial charge in [-0.1, -0.05) is 41.9 Å². The summed E-state index contributed by atoms with van der Waals surface area (Å²) in [5.74, 6) is 0.0311. The van der Waals surface area contributed by atoms with Crippen LogP contribution in [0, 0.1) is 0 Å². The van der Waals surface area contributed by atoms with E-state index in [9.17, 15) is 9.59 Å². The zero-order chi connectivity index (χ0) is 17.1. The lowest BCUT2D eigenvalue weighted by Gasteiger charge is -2.20. The molecule has 5 nitrogen and oxygen atoms in total. The highest BCUT2D eigenvalue weighted by Gasteiger charge is 2.32. The van der Waals surface area contributed by atoms with Crippen molar-refractivity contribution in [2.75, 3.05) is 7.05 Å². The van der Waals surface area contributed by atoms with Gasteiger partial charge in [0.1, 0.15) is 11.8 Å². The molecule has 2 amide bonds. The summed E-state index contributed by atoms with van der Waals surface area (Å²) in [4.78, 5) is 24.7. The molecule has 124 valence electrons. The van der Waals surface area contributed by atoms with Crippen molar-refractivity contribution in [2.45, 2.75) is 18.6 Å². The molecule has 0 fully saturated rings. The third-order valence-corrected chi connectivity index (χ3v) is 4.15. The summed E-state index contributed by atoms with van der Waals surface area (Å²) in [6.07, 6.45) is -0.244. The first-order valence-electron chi connectivity index (χ1n) is 7.60. The Bertz CT molecular complexity index is 764. The van der Waals surface area contributed by atoms with Gasteiger partial charge in [0.15, 0.2) is 6.10 Å². The molecule has 0 aliphatic carbocycles. The van der Waals surface area contributed by atoms with Crippen molar-refractivity contribution in [1.29, 1.82) is 0 Å². The van der Waals surface area contributed by atoms with Gasteiger partial charge < -0.3 is 15.4 Å². The largest absolute Gasteiger partial charge is 0.480 e. The molecule has 2 aromatic carbocycles. The molecule has 1 aliphatic heterocycles. The number of hydrogen-bond acceptors (Lipinski definition) is 3. The second-order valence-corrected chi connectivity index (χ2v) is 5.97. The number of benzene rings is 2. The minimum absolute atomic E-state index is 0.284. The molecule has 0 spiro atoms. The van der Waals surface area contributed by atoms with Crippen LogP contribution >= 0.6 is 11.6 Å². The third kappa shape index (κ3) is 3.36. The first kappa shape index (κ1) is 16.3. The van der Waals surface area contributed by atoms with Gasteiger partial charge >= 0.3 is 0 Å². The quantitative estimate of drug-likeness (QED) is 0.894. The zero-order valence-electron chi connectivity index (χ0n) is 13.1. The number of ether oxygens (including phenoxy) is 1. The third-order valence-electron chi connectivity index (χ3n) is 3.92. The summed E-state index contributed by atoms with van der Waals surface area (Å²) in [6, 6.07) is 13.6. The molecule has 6 heteroatoms. The summed E-state index contributed by atoms with van der Waals surface area (Å²) in [6.45, 7) is 0. The Kier molecular flexibility index (Phi) is 4.71. The van der Waals surface area contributed by atoms with Crippen LogP contribution in [0.15, 0.2) is 48.5 Å². The maximum atomic E-state index is 12.6. The van der Waals surface area contributed by atoms with Gasteiger partial charge in [0, 0.05) is 18.5 Å². The fraction of sp³-hybridized carbons (Fsp3) is 0.222. The zero-order valence-corrected chi connectivity index (χ0v) is 13.8. The Labute approximate surface area is 145 Å². The molecule has 0 unspecified atom stereocenters. The number of fused-ring (bicyclic) bond motifs is 1. The average molecular weight is 345 g/mol. The number of carbonyl (C=O) groups is 2. The Balaban J connectivity index is 1.74. The van der Waals surface area contributed by atoms with Gasteiger partial charge in [-0.25, -0.2) is 0 Å². The van der Waals surface area contributed by atoms with Crippen molar-refractivity contribution in [3.8, 4) is 5.75 Å². The molecule has 0 saturated heterocycles. The van der Waals surface area contributed by atoms with Crippen LogP contribution in [0.2, 0.25) is 5.02 Å². The molecule has 2 aromatic rings. The van der Waals surface area contributed by atoms with Crippen LogP contribution < -0.4 is 15.4 Å². The van der Waals surface area contributed by atoms with Crippen molar-refractivity contribution < 1.29 is 14.3 Å². The monoisotopic (exact) mass is 344 g/mol. The molecular formula is C18H17ClN2O3. The molecular weight excluding hydrogens is 328 g/mol. The van der Waals surface area contributed by atoms with Gasteiger partial charge in [-0.15, -0.1) is 0 Å². The van der Waals surface area contributed by atoms with Crippen LogP contribution in [0.4, 0.5) is 0 Å². The molecule has 1 heterocycles. The van der Waals surface area contributed by atoms with Crippen molar-refractivity contribution in [2.24, 2.45) is 0 Å². The van der Waals surface area contributed by atoms with E-state index < -0.39 is 12.1 Å². The van der Waals surface area contributed by atoms with E-state index in [1.165, 1.54) is 7.05 Å². The minimum atomic E-state index is -0.764. The van der Waals surface area contributed by atoms with Crippen LogP contribution in [0.1, 0.15) is 17.2 Å². The molecule has 24 heavy (non-hydrogen) atoms. The van der Waals surface area contributed by atoms with Gasteiger partial charge in [0.25, 0.3) is 5.91 Å². The highest BCUT2D eigenvalue weighted by atomic mass is 35.5. The number of halogens is 1.